The molecule has 0 aliphatic rings. The molecule has 8 heteroatoms. The van der Waals surface area contributed by atoms with Crippen molar-refractivity contribution in [1.82, 2.24) is 4.98 Å². The number of ether oxygens (including phenoxy) is 1. The molecule has 0 aliphatic carbocycles. The lowest BCUT2D eigenvalue weighted by Gasteiger charge is -2.22. The number of hydrogen-bond acceptors (Lipinski definition) is 5. The Morgan fingerprint density at radius 3 is 2.72 bits per heavy atom. The quantitative estimate of drug-likeness (QED) is 0.381. The Balaban J connectivity index is 1.86. The van der Waals surface area contributed by atoms with Crippen LogP contribution in [0.3, 0.4) is 0 Å². The van der Waals surface area contributed by atoms with Crippen LogP contribution in [0.4, 0.5) is 10.8 Å². The van der Waals surface area contributed by atoms with E-state index in [0.717, 1.165) is 21.9 Å². The molecule has 0 saturated heterocycles. The minimum absolute atomic E-state index is 0.172. The minimum Gasteiger partial charge on any atom is -0.487 e. The molecule has 0 unspecified atom stereocenters. The van der Waals surface area contributed by atoms with E-state index in [0.29, 0.717) is 32.8 Å². The predicted molar refractivity (Wildman–Crippen MR) is 120 cm³/mol. The SMILES string of the molecule is CC(=O)N(c1nc(COc2ccc(Br)cc2C=O)cs1)c1c(C)cc(C)cc1Cl. The number of carbonyl (C=O) groups is 2. The largest absolute Gasteiger partial charge is 0.487 e. The Labute approximate surface area is 186 Å². The number of aldehydes is 1. The molecule has 0 spiro atoms. The highest BCUT2D eigenvalue weighted by molar-refractivity contribution is 9.10. The van der Waals surface area contributed by atoms with E-state index in [1.165, 1.54) is 23.2 Å². The van der Waals surface area contributed by atoms with Gasteiger partial charge in [0.05, 0.1) is 22.0 Å². The second-order valence-corrected chi connectivity index (χ2v) is 8.64. The van der Waals surface area contributed by atoms with Gasteiger partial charge in [-0.3, -0.25) is 14.5 Å². The van der Waals surface area contributed by atoms with Crippen molar-refractivity contribution in [3.05, 3.63) is 67.6 Å². The molecule has 0 bridgehead atoms. The molecule has 5 nitrogen and oxygen atoms in total. The average Bonchev–Trinajstić information content (AvgIpc) is 3.11. The summed E-state index contributed by atoms with van der Waals surface area (Å²) in [5.41, 5.74) is 3.64. The van der Waals surface area contributed by atoms with Crippen LogP contribution in [0.25, 0.3) is 0 Å². The van der Waals surface area contributed by atoms with E-state index < -0.39 is 0 Å². The number of hydrogen-bond donors (Lipinski definition) is 0. The third kappa shape index (κ3) is 4.86. The van der Waals surface area contributed by atoms with Crippen LogP contribution in [0.5, 0.6) is 5.75 Å². The molecule has 1 aromatic heterocycles. The molecule has 3 aromatic rings. The number of halogens is 2. The highest BCUT2D eigenvalue weighted by Crippen LogP contribution is 2.37. The van der Waals surface area contributed by atoms with Gasteiger partial charge in [0.2, 0.25) is 5.91 Å². The number of benzene rings is 2. The summed E-state index contributed by atoms with van der Waals surface area (Å²) in [6, 6.07) is 9.01. The van der Waals surface area contributed by atoms with Gasteiger partial charge in [0.1, 0.15) is 12.4 Å². The van der Waals surface area contributed by atoms with Gasteiger partial charge >= 0.3 is 0 Å². The van der Waals surface area contributed by atoms with Gasteiger partial charge in [-0.05, 0) is 49.2 Å². The van der Waals surface area contributed by atoms with Crippen molar-refractivity contribution in [3.63, 3.8) is 0 Å². The minimum atomic E-state index is -0.183. The molecule has 0 atom stereocenters. The molecule has 0 fully saturated rings. The highest BCUT2D eigenvalue weighted by atomic mass is 79.9. The van der Waals surface area contributed by atoms with Crippen molar-refractivity contribution in [3.8, 4) is 5.75 Å². The van der Waals surface area contributed by atoms with Crippen molar-refractivity contribution in [2.75, 3.05) is 4.90 Å². The van der Waals surface area contributed by atoms with Crippen molar-refractivity contribution in [1.29, 1.82) is 0 Å². The average molecular weight is 494 g/mol. The number of aromatic nitrogens is 1. The lowest BCUT2D eigenvalue weighted by Crippen LogP contribution is -2.24. The van der Waals surface area contributed by atoms with Crippen LogP contribution in [0, 0.1) is 13.8 Å². The number of thiazole rings is 1. The fourth-order valence-electron chi connectivity index (χ4n) is 2.94. The summed E-state index contributed by atoms with van der Waals surface area (Å²) in [4.78, 5) is 29.7. The van der Waals surface area contributed by atoms with Crippen LogP contribution in [0.1, 0.15) is 34.1 Å². The molecule has 0 N–H and O–H groups in total. The maximum absolute atomic E-state index is 12.4. The normalized spacial score (nSPS) is 10.7. The number of aryl methyl sites for hydroxylation is 2. The lowest BCUT2D eigenvalue weighted by atomic mass is 10.1. The molecule has 0 aliphatic heterocycles. The molecule has 29 heavy (non-hydrogen) atoms. The topological polar surface area (TPSA) is 59.5 Å². The summed E-state index contributed by atoms with van der Waals surface area (Å²) >= 11 is 11.1. The van der Waals surface area contributed by atoms with Crippen molar-refractivity contribution < 1.29 is 14.3 Å². The molecule has 3 rings (SSSR count). The second-order valence-electron chi connectivity index (χ2n) is 6.48. The van der Waals surface area contributed by atoms with E-state index in [1.807, 2.05) is 31.4 Å². The van der Waals surface area contributed by atoms with Crippen LogP contribution in [0.15, 0.2) is 40.2 Å². The first-order valence-corrected chi connectivity index (χ1v) is 10.7. The van der Waals surface area contributed by atoms with Gasteiger partial charge in [-0.2, -0.15) is 0 Å². The summed E-state index contributed by atoms with van der Waals surface area (Å²) in [7, 11) is 0. The highest BCUT2D eigenvalue weighted by Gasteiger charge is 2.22. The lowest BCUT2D eigenvalue weighted by molar-refractivity contribution is -0.115. The monoisotopic (exact) mass is 492 g/mol. The number of rotatable bonds is 6. The maximum Gasteiger partial charge on any atom is 0.230 e. The molecule has 0 saturated carbocycles. The van der Waals surface area contributed by atoms with E-state index in [2.05, 4.69) is 20.9 Å². The van der Waals surface area contributed by atoms with Crippen LogP contribution < -0.4 is 9.64 Å². The Kier molecular flexibility index (Phi) is 6.72. The second kappa shape index (κ2) is 9.07. The Morgan fingerprint density at radius 1 is 1.31 bits per heavy atom. The Morgan fingerprint density at radius 2 is 2.07 bits per heavy atom. The van der Waals surface area contributed by atoms with Crippen molar-refractivity contribution in [2.45, 2.75) is 27.4 Å². The third-order valence-corrected chi connectivity index (χ3v) is 5.80. The summed E-state index contributed by atoms with van der Waals surface area (Å²) < 4.78 is 6.55. The van der Waals surface area contributed by atoms with Gasteiger partial charge in [-0.15, -0.1) is 11.3 Å². The van der Waals surface area contributed by atoms with Gasteiger partial charge in [-0.25, -0.2) is 4.98 Å². The first-order valence-electron chi connectivity index (χ1n) is 8.69. The molecular formula is C21H18BrClN2O3S. The van der Waals surface area contributed by atoms with E-state index in [-0.39, 0.29) is 12.5 Å². The predicted octanol–water partition coefficient (Wildman–Crippen LogP) is 6.25. The molecule has 1 heterocycles. The molecule has 2 aromatic carbocycles. The smallest absolute Gasteiger partial charge is 0.230 e. The number of nitrogens with zero attached hydrogens (tertiary/aromatic N) is 2. The van der Waals surface area contributed by atoms with E-state index in [4.69, 9.17) is 16.3 Å². The van der Waals surface area contributed by atoms with E-state index in [1.54, 1.807) is 18.2 Å². The van der Waals surface area contributed by atoms with Crippen molar-refractivity contribution in [2.24, 2.45) is 0 Å². The van der Waals surface area contributed by atoms with Crippen LogP contribution in [0.2, 0.25) is 5.02 Å². The molecule has 0 radical (unpaired) electrons. The van der Waals surface area contributed by atoms with Gasteiger partial charge in [0.15, 0.2) is 11.4 Å². The van der Waals surface area contributed by atoms with Gasteiger partial charge in [0, 0.05) is 16.8 Å². The molecule has 1 amide bonds. The third-order valence-electron chi connectivity index (χ3n) is 4.14. The zero-order valence-electron chi connectivity index (χ0n) is 16.0. The first kappa shape index (κ1) is 21.5. The number of amides is 1. The van der Waals surface area contributed by atoms with Gasteiger partial charge in [-0.1, -0.05) is 33.6 Å². The van der Waals surface area contributed by atoms with E-state index >= 15 is 0 Å². The summed E-state index contributed by atoms with van der Waals surface area (Å²) in [5, 5.41) is 2.83. The summed E-state index contributed by atoms with van der Waals surface area (Å²) in [6.45, 7) is 5.52. The Hall–Kier alpha value is -2.22. The van der Waals surface area contributed by atoms with E-state index in [9.17, 15) is 9.59 Å². The standard InChI is InChI=1S/C21H18BrClN2O3S/c1-12-6-13(2)20(18(23)7-12)25(14(3)27)21-24-17(11-29-21)10-28-19-5-4-16(22)8-15(19)9-26/h4-9,11H,10H2,1-3H3. The fourth-order valence-corrected chi connectivity index (χ4v) is 4.58. The Bertz CT molecular complexity index is 1060. The zero-order chi connectivity index (χ0) is 21.1. The first-order chi connectivity index (χ1) is 13.8. The summed E-state index contributed by atoms with van der Waals surface area (Å²) in [6.07, 6.45) is 0.742. The summed E-state index contributed by atoms with van der Waals surface area (Å²) in [5.74, 6) is 0.287. The van der Waals surface area contributed by atoms with Crippen molar-refractivity contribution >= 4 is 61.9 Å². The van der Waals surface area contributed by atoms with Crippen LogP contribution in [-0.2, 0) is 11.4 Å². The van der Waals surface area contributed by atoms with Gasteiger partial charge in [0.25, 0.3) is 0 Å². The maximum atomic E-state index is 12.4. The molecule has 150 valence electrons. The number of anilines is 2. The number of carbonyl (C=O) groups excluding carboxylic acids is 2. The molecular weight excluding hydrogens is 476 g/mol. The fraction of sp³-hybridized carbons (Fsp3) is 0.190. The van der Waals surface area contributed by atoms with Gasteiger partial charge < -0.3 is 4.74 Å². The van der Waals surface area contributed by atoms with Crippen LogP contribution >= 0.6 is 38.9 Å². The van der Waals surface area contributed by atoms with Crippen LogP contribution in [-0.4, -0.2) is 17.2 Å². The zero-order valence-corrected chi connectivity index (χ0v) is 19.2.